The Kier molecular flexibility index (Phi) is 20.8. The summed E-state index contributed by atoms with van der Waals surface area (Å²) in [5, 5.41) is 0. The van der Waals surface area contributed by atoms with Crippen LogP contribution in [0, 0.1) is 23.7 Å². The van der Waals surface area contributed by atoms with Crippen LogP contribution in [0.2, 0.25) is 0 Å². The number of hydrogen-bond acceptors (Lipinski definition) is 4. The fourth-order valence-corrected chi connectivity index (χ4v) is 3.93. The van der Waals surface area contributed by atoms with Gasteiger partial charge < -0.3 is 9.47 Å². The molecule has 0 amide bonds. The van der Waals surface area contributed by atoms with E-state index in [1.54, 1.807) is 0 Å². The molecule has 33 heavy (non-hydrogen) atoms. The Morgan fingerprint density at radius 1 is 0.545 bits per heavy atom. The molecule has 4 heteroatoms. The zero-order valence-electron chi connectivity index (χ0n) is 23.0. The van der Waals surface area contributed by atoms with Crippen molar-refractivity contribution in [3.8, 4) is 0 Å². The molecule has 0 saturated carbocycles. The lowest BCUT2D eigenvalue weighted by atomic mass is 9.90. The van der Waals surface area contributed by atoms with E-state index in [-0.39, 0.29) is 17.9 Å². The van der Waals surface area contributed by atoms with Gasteiger partial charge in [-0.15, -0.1) is 0 Å². The van der Waals surface area contributed by atoms with Crippen molar-refractivity contribution >= 4 is 11.9 Å². The lowest BCUT2D eigenvalue weighted by molar-refractivity contribution is -0.150. The number of ether oxygens (including phenoxy) is 2. The summed E-state index contributed by atoms with van der Waals surface area (Å²) in [5.74, 6) is 1.55. The molecule has 4 nitrogen and oxygen atoms in total. The van der Waals surface area contributed by atoms with Crippen molar-refractivity contribution < 1.29 is 19.1 Å². The molecule has 0 saturated heterocycles. The standard InChI is InChI=1S/C29H56O4/c1-24(2)20-22-32-28(30)19-17-15-13-11-9-7-8-10-12-14-16-18-27(26(5)6)29(31)33-23-21-25(3)4/h24-27H,7-23H2,1-6H3. The Morgan fingerprint density at radius 2 is 0.970 bits per heavy atom. The quantitative estimate of drug-likeness (QED) is 0.118. The first-order chi connectivity index (χ1) is 15.7. The van der Waals surface area contributed by atoms with Gasteiger partial charge in [0.15, 0.2) is 0 Å². The smallest absolute Gasteiger partial charge is 0.309 e. The van der Waals surface area contributed by atoms with Crippen molar-refractivity contribution in [1.82, 2.24) is 0 Å². The van der Waals surface area contributed by atoms with E-state index in [1.807, 2.05) is 0 Å². The van der Waals surface area contributed by atoms with Crippen molar-refractivity contribution in [2.75, 3.05) is 13.2 Å². The van der Waals surface area contributed by atoms with Gasteiger partial charge in [-0.05, 0) is 43.4 Å². The summed E-state index contributed by atoms with van der Waals surface area (Å²) in [5.41, 5.74) is 0. The predicted molar refractivity (Wildman–Crippen MR) is 139 cm³/mol. The van der Waals surface area contributed by atoms with Gasteiger partial charge >= 0.3 is 11.9 Å². The van der Waals surface area contributed by atoms with Gasteiger partial charge in [-0.25, -0.2) is 0 Å². The maximum absolute atomic E-state index is 12.4. The summed E-state index contributed by atoms with van der Waals surface area (Å²) in [4.78, 5) is 24.0. The van der Waals surface area contributed by atoms with Crippen molar-refractivity contribution in [2.24, 2.45) is 23.7 Å². The highest BCUT2D eigenvalue weighted by Crippen LogP contribution is 2.22. The first-order valence-corrected chi connectivity index (χ1v) is 14.1. The second kappa shape index (κ2) is 21.5. The monoisotopic (exact) mass is 468 g/mol. The Hall–Kier alpha value is -1.06. The van der Waals surface area contributed by atoms with Crippen LogP contribution in [0.3, 0.4) is 0 Å². The van der Waals surface area contributed by atoms with Gasteiger partial charge in [-0.2, -0.15) is 0 Å². The molecule has 0 N–H and O–H groups in total. The SMILES string of the molecule is CC(C)CCOC(=O)CCCCCCCCCCCCCC(C(=O)OCCC(C)C)C(C)C. The molecule has 0 aliphatic rings. The average molecular weight is 469 g/mol. The highest BCUT2D eigenvalue weighted by Gasteiger charge is 2.23. The first-order valence-electron chi connectivity index (χ1n) is 14.1. The van der Waals surface area contributed by atoms with E-state index in [0.717, 1.165) is 38.5 Å². The molecule has 0 aromatic carbocycles. The van der Waals surface area contributed by atoms with Gasteiger partial charge in [0.1, 0.15) is 0 Å². The molecule has 196 valence electrons. The zero-order chi connectivity index (χ0) is 24.9. The number of rotatable bonds is 22. The fraction of sp³-hybridized carbons (Fsp3) is 0.931. The Bertz CT molecular complexity index is 470. The first kappa shape index (κ1) is 31.9. The van der Waals surface area contributed by atoms with Gasteiger partial charge in [0.2, 0.25) is 0 Å². The maximum Gasteiger partial charge on any atom is 0.309 e. The maximum atomic E-state index is 12.4. The lowest BCUT2D eigenvalue weighted by Gasteiger charge is -2.19. The largest absolute Gasteiger partial charge is 0.466 e. The molecule has 0 heterocycles. The molecular formula is C29H56O4. The van der Waals surface area contributed by atoms with Crippen molar-refractivity contribution in [3.63, 3.8) is 0 Å². The van der Waals surface area contributed by atoms with E-state index in [0.29, 0.717) is 37.4 Å². The fourth-order valence-electron chi connectivity index (χ4n) is 3.93. The van der Waals surface area contributed by atoms with Crippen molar-refractivity contribution in [2.45, 2.75) is 138 Å². The Labute approximate surface area is 206 Å². The lowest BCUT2D eigenvalue weighted by Crippen LogP contribution is -2.23. The number of esters is 2. The summed E-state index contributed by atoms with van der Waals surface area (Å²) in [6.45, 7) is 14.0. The van der Waals surface area contributed by atoms with Crippen LogP contribution in [0.15, 0.2) is 0 Å². The molecule has 0 aliphatic heterocycles. The number of carbonyl (C=O) groups is 2. The third-order valence-corrected chi connectivity index (χ3v) is 6.40. The minimum atomic E-state index is -0.0293. The molecular weight excluding hydrogens is 412 g/mol. The van der Waals surface area contributed by atoms with E-state index >= 15 is 0 Å². The summed E-state index contributed by atoms with van der Waals surface area (Å²) >= 11 is 0. The second-order valence-corrected chi connectivity index (χ2v) is 11.0. The molecule has 0 aromatic heterocycles. The van der Waals surface area contributed by atoms with Gasteiger partial charge in [0.05, 0.1) is 19.1 Å². The van der Waals surface area contributed by atoms with Gasteiger partial charge in [0, 0.05) is 6.42 Å². The summed E-state index contributed by atoms with van der Waals surface area (Å²) in [6.07, 6.45) is 16.9. The van der Waals surface area contributed by atoms with Gasteiger partial charge in [-0.3, -0.25) is 9.59 Å². The summed E-state index contributed by atoms with van der Waals surface area (Å²) < 4.78 is 10.8. The molecule has 0 aliphatic carbocycles. The predicted octanol–water partition coefficient (Wildman–Crippen LogP) is 8.51. The topological polar surface area (TPSA) is 52.6 Å². The van der Waals surface area contributed by atoms with Gasteiger partial charge in [0.25, 0.3) is 0 Å². The molecule has 1 unspecified atom stereocenters. The molecule has 0 fully saturated rings. The third kappa shape index (κ3) is 21.2. The zero-order valence-corrected chi connectivity index (χ0v) is 23.0. The molecule has 0 bridgehead atoms. The second-order valence-electron chi connectivity index (χ2n) is 11.0. The van der Waals surface area contributed by atoms with E-state index in [9.17, 15) is 9.59 Å². The third-order valence-electron chi connectivity index (χ3n) is 6.40. The van der Waals surface area contributed by atoms with Crippen LogP contribution in [0.25, 0.3) is 0 Å². The van der Waals surface area contributed by atoms with Crippen LogP contribution in [0.4, 0.5) is 0 Å². The highest BCUT2D eigenvalue weighted by atomic mass is 16.5. The Balaban J connectivity index is 3.53. The Morgan fingerprint density at radius 3 is 1.42 bits per heavy atom. The summed E-state index contributed by atoms with van der Waals surface area (Å²) in [7, 11) is 0. The van der Waals surface area contributed by atoms with E-state index in [1.165, 1.54) is 51.4 Å². The number of unbranched alkanes of at least 4 members (excludes halogenated alkanes) is 10. The molecule has 0 radical (unpaired) electrons. The van der Waals surface area contributed by atoms with Crippen LogP contribution in [0.5, 0.6) is 0 Å². The molecule has 0 rings (SSSR count). The highest BCUT2D eigenvalue weighted by molar-refractivity contribution is 5.72. The molecule has 1 atom stereocenters. The van der Waals surface area contributed by atoms with Gasteiger partial charge in [-0.1, -0.05) is 106 Å². The molecule has 0 aromatic rings. The number of hydrogen-bond donors (Lipinski definition) is 0. The molecule has 0 spiro atoms. The van der Waals surface area contributed by atoms with Crippen LogP contribution in [0.1, 0.15) is 138 Å². The average Bonchev–Trinajstić information content (AvgIpc) is 2.73. The normalized spacial score (nSPS) is 12.5. The van der Waals surface area contributed by atoms with Crippen LogP contribution in [-0.2, 0) is 19.1 Å². The van der Waals surface area contributed by atoms with Crippen molar-refractivity contribution in [1.29, 1.82) is 0 Å². The number of carbonyl (C=O) groups excluding carboxylic acids is 2. The van der Waals surface area contributed by atoms with Crippen LogP contribution in [-0.4, -0.2) is 25.2 Å². The van der Waals surface area contributed by atoms with Crippen LogP contribution < -0.4 is 0 Å². The summed E-state index contributed by atoms with van der Waals surface area (Å²) in [6, 6.07) is 0. The van der Waals surface area contributed by atoms with E-state index < -0.39 is 0 Å². The van der Waals surface area contributed by atoms with Crippen LogP contribution >= 0.6 is 0 Å². The van der Waals surface area contributed by atoms with E-state index in [4.69, 9.17) is 9.47 Å². The minimum absolute atomic E-state index is 0.00803. The van der Waals surface area contributed by atoms with E-state index in [2.05, 4.69) is 41.5 Å². The van der Waals surface area contributed by atoms with Crippen molar-refractivity contribution in [3.05, 3.63) is 0 Å². The minimum Gasteiger partial charge on any atom is -0.466 e.